The van der Waals surface area contributed by atoms with Gasteiger partial charge in [0.2, 0.25) is 0 Å². The molecule has 16 heavy (non-hydrogen) atoms. The summed E-state index contributed by atoms with van der Waals surface area (Å²) in [5.41, 5.74) is 1.04. The van der Waals surface area contributed by atoms with Crippen LogP contribution < -0.4 is 0 Å². The van der Waals surface area contributed by atoms with Crippen LogP contribution in [-0.4, -0.2) is 35.7 Å². The normalized spacial score (nSPS) is 39.8. The molecule has 4 atom stereocenters. The summed E-state index contributed by atoms with van der Waals surface area (Å²) in [7, 11) is 0. The molecule has 1 unspecified atom stereocenters. The van der Waals surface area contributed by atoms with Gasteiger partial charge in [0.15, 0.2) is 12.3 Å². The topological polar surface area (TPSA) is 42.1 Å². The first-order valence-electron chi connectivity index (χ1n) is 5.50. The predicted octanol–water partition coefficient (Wildman–Crippen LogP) is 0.694. The zero-order valence-electron chi connectivity index (χ0n) is 8.58. The molecule has 0 spiro atoms. The van der Waals surface area contributed by atoms with Crippen LogP contribution in [0.1, 0.15) is 11.8 Å². The van der Waals surface area contributed by atoms with E-state index in [1.54, 1.807) is 0 Å². The third-order valence-corrected chi connectivity index (χ3v) is 3.52. The number of hydrogen-bond donors (Lipinski definition) is 0. The fourth-order valence-electron chi connectivity index (χ4n) is 2.69. The van der Waals surface area contributed by atoms with Crippen LogP contribution in [0.25, 0.3) is 0 Å². The summed E-state index contributed by atoms with van der Waals surface area (Å²) < 4.78 is 11.0. The molecule has 4 nitrogen and oxygen atoms in total. The quantitative estimate of drug-likeness (QED) is 0.650. The third-order valence-electron chi connectivity index (χ3n) is 3.52. The Balaban J connectivity index is 1.70. The van der Waals surface area contributed by atoms with Crippen molar-refractivity contribution in [3.63, 3.8) is 0 Å². The highest BCUT2D eigenvalue weighted by molar-refractivity contribution is 5.88. The van der Waals surface area contributed by atoms with Crippen molar-refractivity contribution in [3.05, 3.63) is 35.9 Å². The molecule has 4 rings (SSSR count). The van der Waals surface area contributed by atoms with Crippen LogP contribution in [0.2, 0.25) is 0 Å². The van der Waals surface area contributed by atoms with Gasteiger partial charge in [-0.05, 0) is 0 Å². The Morgan fingerprint density at radius 1 is 1.25 bits per heavy atom. The second kappa shape index (κ2) is 2.84. The standard InChI is InChI=1S/C12H11NO3/c14-11-10-9(16-10)8-6-15-12(13(8)11)7-4-2-1-3-5-7/h1-5,8-10,12H,6H2/t8?,9-,10-,12-/m1/s1. The first-order chi connectivity index (χ1) is 7.86. The van der Waals surface area contributed by atoms with Crippen LogP contribution in [0.15, 0.2) is 30.3 Å². The number of fused-ring (bicyclic) bond motifs is 3. The van der Waals surface area contributed by atoms with Gasteiger partial charge in [0, 0.05) is 5.56 Å². The monoisotopic (exact) mass is 217 g/mol. The second-order valence-electron chi connectivity index (χ2n) is 4.43. The second-order valence-corrected chi connectivity index (χ2v) is 4.43. The molecule has 3 saturated heterocycles. The molecule has 0 N–H and O–H groups in total. The summed E-state index contributed by atoms with van der Waals surface area (Å²) in [5, 5.41) is 0. The van der Waals surface area contributed by atoms with Crippen molar-refractivity contribution in [1.29, 1.82) is 0 Å². The largest absolute Gasteiger partial charge is 0.357 e. The highest BCUT2D eigenvalue weighted by Gasteiger charge is 2.65. The van der Waals surface area contributed by atoms with Crippen molar-refractivity contribution in [2.45, 2.75) is 24.5 Å². The van der Waals surface area contributed by atoms with Gasteiger partial charge in [-0.3, -0.25) is 4.79 Å². The lowest BCUT2D eigenvalue weighted by atomic mass is 10.2. The van der Waals surface area contributed by atoms with E-state index < -0.39 is 0 Å². The van der Waals surface area contributed by atoms with E-state index >= 15 is 0 Å². The molecule has 1 amide bonds. The zero-order valence-corrected chi connectivity index (χ0v) is 8.58. The summed E-state index contributed by atoms with van der Waals surface area (Å²) in [5.74, 6) is 0.0846. The Morgan fingerprint density at radius 2 is 2.06 bits per heavy atom. The molecule has 3 fully saturated rings. The smallest absolute Gasteiger partial charge is 0.257 e. The van der Waals surface area contributed by atoms with E-state index in [1.165, 1.54) is 0 Å². The maximum atomic E-state index is 11.9. The average molecular weight is 217 g/mol. The number of amides is 1. The minimum atomic E-state index is -0.213. The molecule has 4 heteroatoms. The zero-order chi connectivity index (χ0) is 10.7. The van der Waals surface area contributed by atoms with Crippen molar-refractivity contribution in [1.82, 2.24) is 4.90 Å². The van der Waals surface area contributed by atoms with Crippen LogP contribution >= 0.6 is 0 Å². The first kappa shape index (κ1) is 8.73. The molecule has 0 radical (unpaired) electrons. The highest BCUT2D eigenvalue weighted by atomic mass is 16.6. The Hall–Kier alpha value is -1.39. The fourth-order valence-corrected chi connectivity index (χ4v) is 2.69. The fraction of sp³-hybridized carbons (Fsp3) is 0.417. The Morgan fingerprint density at radius 3 is 2.88 bits per heavy atom. The van der Waals surface area contributed by atoms with Crippen molar-refractivity contribution in [3.8, 4) is 0 Å². The summed E-state index contributed by atoms with van der Waals surface area (Å²) in [6, 6.07) is 9.99. The summed E-state index contributed by atoms with van der Waals surface area (Å²) in [6.07, 6.45) is -0.309. The molecular weight excluding hydrogens is 206 g/mol. The SMILES string of the molecule is O=C1[C@@H]2O[C@@H]2C2CO[C@H](c3ccccc3)N12. The molecule has 3 aliphatic heterocycles. The van der Waals surface area contributed by atoms with E-state index in [1.807, 2.05) is 35.2 Å². The average Bonchev–Trinajstić information content (AvgIpc) is 2.92. The molecular formula is C12H11NO3. The lowest BCUT2D eigenvalue weighted by molar-refractivity contribution is -0.138. The summed E-state index contributed by atoms with van der Waals surface area (Å²) in [6.45, 7) is 0.590. The van der Waals surface area contributed by atoms with Gasteiger partial charge in [-0.2, -0.15) is 0 Å². The van der Waals surface area contributed by atoms with E-state index in [0.29, 0.717) is 6.61 Å². The number of carbonyl (C=O) groups excluding carboxylic acids is 1. The number of carbonyl (C=O) groups is 1. The van der Waals surface area contributed by atoms with Gasteiger partial charge in [0.25, 0.3) is 5.91 Å². The molecule has 3 heterocycles. The lowest BCUT2D eigenvalue weighted by Crippen LogP contribution is -2.36. The van der Waals surface area contributed by atoms with Gasteiger partial charge in [-0.1, -0.05) is 30.3 Å². The number of rotatable bonds is 1. The van der Waals surface area contributed by atoms with Gasteiger partial charge >= 0.3 is 0 Å². The maximum Gasteiger partial charge on any atom is 0.257 e. The summed E-state index contributed by atoms with van der Waals surface area (Å²) in [4.78, 5) is 13.8. The van der Waals surface area contributed by atoms with Crippen LogP contribution in [-0.2, 0) is 14.3 Å². The number of nitrogens with zero attached hydrogens (tertiary/aromatic N) is 1. The van der Waals surface area contributed by atoms with Crippen molar-refractivity contribution in [2.75, 3.05) is 6.61 Å². The van der Waals surface area contributed by atoms with Crippen molar-refractivity contribution < 1.29 is 14.3 Å². The van der Waals surface area contributed by atoms with Crippen LogP contribution in [0, 0.1) is 0 Å². The maximum absolute atomic E-state index is 11.9. The highest BCUT2D eigenvalue weighted by Crippen LogP contribution is 2.46. The Bertz CT molecular complexity index is 447. The van der Waals surface area contributed by atoms with Crippen molar-refractivity contribution >= 4 is 5.91 Å². The minimum Gasteiger partial charge on any atom is -0.357 e. The Labute approximate surface area is 92.8 Å². The van der Waals surface area contributed by atoms with Crippen LogP contribution in [0.3, 0.4) is 0 Å². The Kier molecular flexibility index (Phi) is 1.55. The molecule has 3 aliphatic rings. The lowest BCUT2D eigenvalue weighted by Gasteiger charge is -2.23. The number of epoxide rings is 1. The molecule has 0 bridgehead atoms. The molecule has 1 aromatic carbocycles. The van der Waals surface area contributed by atoms with Gasteiger partial charge in [-0.25, -0.2) is 0 Å². The number of benzene rings is 1. The van der Waals surface area contributed by atoms with Crippen LogP contribution in [0.4, 0.5) is 0 Å². The number of morpholine rings is 1. The van der Waals surface area contributed by atoms with E-state index in [0.717, 1.165) is 5.56 Å². The van der Waals surface area contributed by atoms with Crippen molar-refractivity contribution in [2.24, 2.45) is 0 Å². The first-order valence-corrected chi connectivity index (χ1v) is 5.50. The molecule has 1 aromatic rings. The predicted molar refractivity (Wildman–Crippen MR) is 54.4 cm³/mol. The van der Waals surface area contributed by atoms with E-state index in [-0.39, 0.29) is 30.4 Å². The summed E-state index contributed by atoms with van der Waals surface area (Å²) >= 11 is 0. The van der Waals surface area contributed by atoms with E-state index in [2.05, 4.69) is 0 Å². The van der Waals surface area contributed by atoms with Gasteiger partial charge < -0.3 is 14.4 Å². The molecule has 0 aliphatic carbocycles. The minimum absolute atomic E-state index is 0.0845. The van der Waals surface area contributed by atoms with Gasteiger partial charge in [0.1, 0.15) is 6.10 Å². The molecule has 82 valence electrons. The van der Waals surface area contributed by atoms with E-state index in [9.17, 15) is 4.79 Å². The molecule has 0 saturated carbocycles. The van der Waals surface area contributed by atoms with Crippen LogP contribution in [0.5, 0.6) is 0 Å². The van der Waals surface area contributed by atoms with Gasteiger partial charge in [-0.15, -0.1) is 0 Å². The third kappa shape index (κ3) is 0.982. The number of hydrogen-bond acceptors (Lipinski definition) is 3. The molecule has 0 aromatic heterocycles. The van der Waals surface area contributed by atoms with E-state index in [4.69, 9.17) is 9.47 Å². The van der Waals surface area contributed by atoms with Gasteiger partial charge in [0.05, 0.1) is 12.6 Å². The number of ether oxygens (including phenoxy) is 2.